The summed E-state index contributed by atoms with van der Waals surface area (Å²) in [5, 5.41) is 21.4. The van der Waals surface area contributed by atoms with E-state index in [1.807, 2.05) is 0 Å². The van der Waals surface area contributed by atoms with Gasteiger partial charge in [0.25, 0.3) is 5.69 Å². The van der Waals surface area contributed by atoms with E-state index in [9.17, 15) is 19.7 Å². The second kappa shape index (κ2) is 7.17. The average Bonchev–Trinajstić information content (AvgIpc) is 2.97. The summed E-state index contributed by atoms with van der Waals surface area (Å²) in [4.78, 5) is 37.9. The molecule has 0 aliphatic heterocycles. The fraction of sp³-hybridized carbons (Fsp3) is 0. The van der Waals surface area contributed by atoms with Crippen LogP contribution in [0.25, 0.3) is 11.3 Å². The highest BCUT2D eigenvalue weighted by molar-refractivity contribution is 6.30. The van der Waals surface area contributed by atoms with E-state index in [2.05, 4.69) is 20.3 Å². The average molecular weight is 388 g/mol. The Kier molecular flexibility index (Phi) is 4.77. The minimum atomic E-state index is -1.05. The summed E-state index contributed by atoms with van der Waals surface area (Å²) in [5.41, 5.74) is 4.77. The summed E-state index contributed by atoms with van der Waals surface area (Å²) in [6.07, 6.45) is 2.78. The number of halogens is 1. The molecule has 3 aromatic rings. The fourth-order valence-electron chi connectivity index (χ4n) is 2.19. The van der Waals surface area contributed by atoms with Crippen molar-refractivity contribution in [1.82, 2.24) is 14.8 Å². The van der Waals surface area contributed by atoms with Gasteiger partial charge in [-0.1, -0.05) is 11.6 Å². The van der Waals surface area contributed by atoms with Gasteiger partial charge in [0.1, 0.15) is 5.69 Å². The number of pyridine rings is 1. The third-order valence-electron chi connectivity index (χ3n) is 3.41. The van der Waals surface area contributed by atoms with Crippen LogP contribution in [-0.2, 0) is 0 Å². The molecule has 0 saturated carbocycles. The van der Waals surface area contributed by atoms with E-state index >= 15 is 0 Å². The summed E-state index contributed by atoms with van der Waals surface area (Å²) in [6, 6.07) is 5.72. The number of aromatic amines is 1. The van der Waals surface area contributed by atoms with Crippen molar-refractivity contribution in [3.8, 4) is 11.3 Å². The number of nitrogens with one attached hydrogen (secondary N) is 1. The molecular formula is C15H10ClN7O4. The predicted octanol–water partition coefficient (Wildman–Crippen LogP) is 3.14. The van der Waals surface area contributed by atoms with Crippen LogP contribution in [0.4, 0.5) is 21.9 Å². The summed E-state index contributed by atoms with van der Waals surface area (Å²) < 4.78 is 0.557. The van der Waals surface area contributed by atoms with Crippen molar-refractivity contribution in [2.75, 3.05) is 0 Å². The molecule has 1 amide bonds. The Balaban J connectivity index is 2.10. The number of azo groups is 1. The third kappa shape index (κ3) is 3.72. The van der Waals surface area contributed by atoms with Crippen molar-refractivity contribution in [2.24, 2.45) is 16.0 Å². The zero-order chi connectivity index (χ0) is 19.6. The molecule has 27 heavy (non-hydrogen) atoms. The standard InChI is InChI=1S/C15H10ClN7O4/c16-9-5-10(7-18-6-9)19-20-13-12(21-22(14(13)24)15(17)25)8-1-3-11(4-2-8)23(26)27/h1-7,21H,(H2,17,25). The Morgan fingerprint density at radius 3 is 2.56 bits per heavy atom. The maximum atomic E-state index is 12.4. The third-order valence-corrected chi connectivity index (χ3v) is 3.62. The highest BCUT2D eigenvalue weighted by atomic mass is 35.5. The zero-order valence-electron chi connectivity index (χ0n) is 13.4. The highest BCUT2D eigenvalue weighted by Gasteiger charge is 2.19. The molecule has 0 unspecified atom stereocenters. The van der Waals surface area contributed by atoms with E-state index in [0.29, 0.717) is 15.3 Å². The molecular weight excluding hydrogens is 378 g/mol. The molecule has 12 heteroatoms. The maximum Gasteiger partial charge on any atom is 0.341 e. The lowest BCUT2D eigenvalue weighted by molar-refractivity contribution is -0.384. The summed E-state index contributed by atoms with van der Waals surface area (Å²) >= 11 is 5.82. The number of rotatable bonds is 4. The Bertz CT molecular complexity index is 1120. The molecule has 136 valence electrons. The molecule has 1 aromatic carbocycles. The molecule has 0 aliphatic rings. The number of benzene rings is 1. The van der Waals surface area contributed by atoms with E-state index in [0.717, 1.165) is 0 Å². The Hall–Kier alpha value is -3.86. The highest BCUT2D eigenvalue weighted by Crippen LogP contribution is 2.28. The Morgan fingerprint density at radius 1 is 1.26 bits per heavy atom. The van der Waals surface area contributed by atoms with Crippen LogP contribution in [-0.4, -0.2) is 25.7 Å². The van der Waals surface area contributed by atoms with Crippen molar-refractivity contribution in [2.45, 2.75) is 0 Å². The van der Waals surface area contributed by atoms with Crippen molar-refractivity contribution in [3.05, 3.63) is 68.2 Å². The SMILES string of the molecule is NC(=O)n1[nH]c(-c2ccc([N+](=O)[O-])cc2)c(N=Nc2cncc(Cl)c2)c1=O. The Morgan fingerprint density at radius 2 is 1.96 bits per heavy atom. The first-order valence-electron chi connectivity index (χ1n) is 7.29. The number of amides is 1. The topological polar surface area (TPSA) is 162 Å². The van der Waals surface area contributed by atoms with Crippen molar-refractivity contribution in [3.63, 3.8) is 0 Å². The van der Waals surface area contributed by atoms with Crippen molar-refractivity contribution in [1.29, 1.82) is 0 Å². The van der Waals surface area contributed by atoms with E-state index in [-0.39, 0.29) is 22.8 Å². The number of aromatic nitrogens is 3. The second-order valence-corrected chi connectivity index (χ2v) is 5.62. The molecule has 0 bridgehead atoms. The van der Waals surface area contributed by atoms with E-state index < -0.39 is 16.5 Å². The number of carbonyl (C=O) groups is 1. The van der Waals surface area contributed by atoms with Gasteiger partial charge in [0.15, 0.2) is 5.69 Å². The molecule has 0 fully saturated rings. The number of nitro groups is 1. The zero-order valence-corrected chi connectivity index (χ0v) is 14.1. The van der Waals surface area contributed by atoms with Crippen molar-refractivity contribution < 1.29 is 9.72 Å². The lowest BCUT2D eigenvalue weighted by Crippen LogP contribution is -2.29. The van der Waals surface area contributed by atoms with Gasteiger partial charge in [0, 0.05) is 23.9 Å². The van der Waals surface area contributed by atoms with Crippen LogP contribution in [0.3, 0.4) is 0 Å². The van der Waals surface area contributed by atoms with Crippen LogP contribution in [0, 0.1) is 10.1 Å². The molecule has 0 radical (unpaired) electrons. The van der Waals surface area contributed by atoms with Gasteiger partial charge in [-0.15, -0.1) is 10.2 Å². The molecule has 2 heterocycles. The van der Waals surface area contributed by atoms with E-state index in [1.165, 1.54) is 42.7 Å². The first-order valence-corrected chi connectivity index (χ1v) is 7.66. The largest absolute Gasteiger partial charge is 0.350 e. The normalized spacial score (nSPS) is 11.0. The van der Waals surface area contributed by atoms with Gasteiger partial charge < -0.3 is 5.73 Å². The lowest BCUT2D eigenvalue weighted by atomic mass is 10.1. The number of carbonyl (C=O) groups excluding carboxylic acids is 1. The van der Waals surface area contributed by atoms with E-state index in [4.69, 9.17) is 17.3 Å². The predicted molar refractivity (Wildman–Crippen MR) is 95.5 cm³/mol. The van der Waals surface area contributed by atoms with Gasteiger partial charge >= 0.3 is 11.6 Å². The molecule has 0 saturated heterocycles. The number of primary amides is 1. The van der Waals surface area contributed by atoms with Gasteiger partial charge in [0.05, 0.1) is 21.8 Å². The summed E-state index contributed by atoms with van der Waals surface area (Å²) in [6.45, 7) is 0. The van der Waals surface area contributed by atoms with Gasteiger partial charge in [-0.3, -0.25) is 25.0 Å². The second-order valence-electron chi connectivity index (χ2n) is 5.18. The monoisotopic (exact) mass is 387 g/mol. The molecule has 3 N–H and O–H groups in total. The number of nitrogens with two attached hydrogens (primary N) is 1. The fourth-order valence-corrected chi connectivity index (χ4v) is 2.36. The first kappa shape index (κ1) is 17.9. The van der Waals surface area contributed by atoms with Crippen LogP contribution < -0.4 is 11.3 Å². The van der Waals surface area contributed by atoms with Crippen molar-refractivity contribution >= 4 is 34.7 Å². The molecule has 11 nitrogen and oxygen atoms in total. The van der Waals surface area contributed by atoms with Gasteiger partial charge in [-0.2, -0.15) is 4.68 Å². The van der Waals surface area contributed by atoms with Gasteiger partial charge in [0.2, 0.25) is 0 Å². The number of hydrogen-bond acceptors (Lipinski definition) is 7. The number of hydrogen-bond donors (Lipinski definition) is 2. The Labute approximate surface area is 155 Å². The lowest BCUT2D eigenvalue weighted by Gasteiger charge is -1.99. The minimum absolute atomic E-state index is 0.118. The van der Waals surface area contributed by atoms with Crippen LogP contribution in [0.1, 0.15) is 0 Å². The number of nitro benzene ring substituents is 1. The first-order chi connectivity index (χ1) is 12.9. The molecule has 0 aliphatic carbocycles. The minimum Gasteiger partial charge on any atom is -0.350 e. The van der Waals surface area contributed by atoms with Crippen LogP contribution in [0.15, 0.2) is 57.7 Å². The van der Waals surface area contributed by atoms with Crippen LogP contribution >= 0.6 is 11.6 Å². The summed E-state index contributed by atoms with van der Waals surface area (Å²) in [7, 11) is 0. The van der Waals surface area contributed by atoms with Gasteiger partial charge in [-0.05, 0) is 18.2 Å². The maximum absolute atomic E-state index is 12.4. The smallest absolute Gasteiger partial charge is 0.341 e. The number of nitrogens with zero attached hydrogens (tertiary/aromatic N) is 5. The molecule has 0 spiro atoms. The summed E-state index contributed by atoms with van der Waals surface area (Å²) in [5.74, 6) is 0. The number of H-pyrrole nitrogens is 1. The number of non-ortho nitro benzene ring substituents is 1. The van der Waals surface area contributed by atoms with E-state index in [1.54, 1.807) is 0 Å². The van der Waals surface area contributed by atoms with Gasteiger partial charge in [-0.25, -0.2) is 4.79 Å². The van der Waals surface area contributed by atoms with Crippen LogP contribution in [0.2, 0.25) is 5.02 Å². The molecule has 0 atom stereocenters. The quantitative estimate of drug-likeness (QED) is 0.398. The molecule has 3 rings (SSSR count). The van der Waals surface area contributed by atoms with Crippen LogP contribution in [0.5, 0.6) is 0 Å². The molecule has 2 aromatic heterocycles.